The van der Waals surface area contributed by atoms with Gasteiger partial charge in [0.1, 0.15) is 0 Å². The molecule has 0 fully saturated rings. The first-order chi connectivity index (χ1) is 7.68. The number of nitrogens with zero attached hydrogens (tertiary/aromatic N) is 2. The van der Waals surface area contributed by atoms with Crippen LogP contribution in [-0.2, 0) is 11.3 Å². The molecule has 0 aliphatic rings. The Balaban J connectivity index is 2.33. The quantitative estimate of drug-likeness (QED) is 0.900. The first-order valence-corrected chi connectivity index (χ1v) is 6.23. The van der Waals surface area contributed by atoms with Gasteiger partial charge in [0.25, 0.3) is 0 Å². The number of thiazole rings is 2. The number of rotatable bonds is 4. The maximum absolute atomic E-state index is 11.5. The van der Waals surface area contributed by atoms with E-state index < -0.39 is 5.97 Å². The molecule has 2 aromatic rings. The summed E-state index contributed by atoms with van der Waals surface area (Å²) >= 11 is 2.50. The largest absolute Gasteiger partial charge is 0.481 e. The van der Waals surface area contributed by atoms with Crippen molar-refractivity contribution < 1.29 is 9.90 Å². The molecule has 0 unspecified atom stereocenters. The van der Waals surface area contributed by atoms with Crippen molar-refractivity contribution in [2.24, 2.45) is 0 Å². The molecular formula is C9H8N2O3S2. The molecular weight excluding hydrogens is 248 g/mol. The standard InChI is InChI=1S/C9H8N2O3S2/c12-8(13)1-2-11-6(4-15-9(11)14)7-3-10-5-16-7/h3-5H,1-2H2,(H,12,13). The molecule has 2 aromatic heterocycles. The fraction of sp³-hybridized carbons (Fsp3) is 0.222. The lowest BCUT2D eigenvalue weighted by Crippen LogP contribution is -2.16. The van der Waals surface area contributed by atoms with Crippen LogP contribution in [0.5, 0.6) is 0 Å². The van der Waals surface area contributed by atoms with Crippen LogP contribution in [0.1, 0.15) is 6.42 Å². The van der Waals surface area contributed by atoms with Crippen LogP contribution in [0.25, 0.3) is 10.6 Å². The van der Waals surface area contributed by atoms with Crippen LogP contribution in [0, 0.1) is 0 Å². The fourth-order valence-corrected chi connectivity index (χ4v) is 2.79. The van der Waals surface area contributed by atoms with E-state index in [2.05, 4.69) is 4.98 Å². The summed E-state index contributed by atoms with van der Waals surface area (Å²) in [6.45, 7) is 0.199. The molecule has 5 nitrogen and oxygen atoms in total. The monoisotopic (exact) mass is 256 g/mol. The molecule has 0 atom stereocenters. The molecule has 1 N–H and O–H groups in total. The lowest BCUT2D eigenvalue weighted by molar-refractivity contribution is -0.137. The van der Waals surface area contributed by atoms with Crippen molar-refractivity contribution in [2.75, 3.05) is 0 Å². The predicted octanol–water partition coefficient (Wildman–Crippen LogP) is 1.51. The van der Waals surface area contributed by atoms with Crippen molar-refractivity contribution in [1.82, 2.24) is 9.55 Å². The molecule has 0 aliphatic carbocycles. The van der Waals surface area contributed by atoms with Crippen LogP contribution in [0.15, 0.2) is 21.9 Å². The third-order valence-corrected chi connectivity index (χ3v) is 3.58. The molecule has 0 radical (unpaired) electrons. The summed E-state index contributed by atoms with van der Waals surface area (Å²) < 4.78 is 1.48. The smallest absolute Gasteiger partial charge is 0.307 e. The van der Waals surface area contributed by atoms with Crippen LogP contribution in [0.2, 0.25) is 0 Å². The Hall–Kier alpha value is -1.47. The average molecular weight is 256 g/mol. The average Bonchev–Trinajstić information content (AvgIpc) is 2.83. The van der Waals surface area contributed by atoms with Gasteiger partial charge >= 0.3 is 10.8 Å². The lowest BCUT2D eigenvalue weighted by Gasteiger charge is -2.02. The highest BCUT2D eigenvalue weighted by Crippen LogP contribution is 2.23. The topological polar surface area (TPSA) is 72.2 Å². The Morgan fingerprint density at radius 1 is 1.50 bits per heavy atom. The molecule has 16 heavy (non-hydrogen) atoms. The molecule has 84 valence electrons. The number of aliphatic carboxylic acids is 1. The number of hydrogen-bond acceptors (Lipinski definition) is 5. The Morgan fingerprint density at radius 2 is 2.31 bits per heavy atom. The van der Waals surface area contributed by atoms with Gasteiger partial charge in [-0.3, -0.25) is 19.1 Å². The van der Waals surface area contributed by atoms with E-state index in [1.807, 2.05) is 0 Å². The molecule has 7 heteroatoms. The van der Waals surface area contributed by atoms with Crippen LogP contribution < -0.4 is 4.87 Å². The van der Waals surface area contributed by atoms with E-state index in [9.17, 15) is 9.59 Å². The first-order valence-electron chi connectivity index (χ1n) is 4.47. The highest BCUT2D eigenvalue weighted by Gasteiger charge is 2.11. The zero-order valence-electron chi connectivity index (χ0n) is 8.12. The highest BCUT2D eigenvalue weighted by molar-refractivity contribution is 7.13. The van der Waals surface area contributed by atoms with Crippen LogP contribution in [0.3, 0.4) is 0 Å². The van der Waals surface area contributed by atoms with Crippen molar-refractivity contribution in [3.63, 3.8) is 0 Å². The SMILES string of the molecule is O=C(O)CCn1c(-c2cncs2)csc1=O. The zero-order valence-corrected chi connectivity index (χ0v) is 9.75. The normalized spacial score (nSPS) is 10.5. The van der Waals surface area contributed by atoms with E-state index in [4.69, 9.17) is 5.11 Å². The minimum atomic E-state index is -0.909. The van der Waals surface area contributed by atoms with Gasteiger partial charge in [0.15, 0.2) is 0 Å². The van der Waals surface area contributed by atoms with E-state index in [1.54, 1.807) is 17.1 Å². The van der Waals surface area contributed by atoms with E-state index in [-0.39, 0.29) is 17.8 Å². The van der Waals surface area contributed by atoms with Crippen LogP contribution in [-0.4, -0.2) is 20.6 Å². The fourth-order valence-electron chi connectivity index (χ4n) is 1.28. The minimum Gasteiger partial charge on any atom is -0.481 e. The molecule has 2 rings (SSSR count). The van der Waals surface area contributed by atoms with Gasteiger partial charge in [-0.2, -0.15) is 0 Å². The highest BCUT2D eigenvalue weighted by atomic mass is 32.1. The van der Waals surface area contributed by atoms with E-state index in [0.29, 0.717) is 0 Å². The number of hydrogen-bond donors (Lipinski definition) is 1. The lowest BCUT2D eigenvalue weighted by atomic mass is 10.3. The van der Waals surface area contributed by atoms with E-state index in [1.165, 1.54) is 15.9 Å². The van der Waals surface area contributed by atoms with Gasteiger partial charge in [-0.05, 0) is 0 Å². The Morgan fingerprint density at radius 3 is 2.94 bits per heavy atom. The van der Waals surface area contributed by atoms with Gasteiger partial charge in [-0.15, -0.1) is 11.3 Å². The Bertz CT molecular complexity index is 541. The summed E-state index contributed by atoms with van der Waals surface area (Å²) in [5.74, 6) is -0.909. The molecule has 0 aliphatic heterocycles. The molecule has 0 saturated carbocycles. The first kappa shape index (κ1) is 11.0. The maximum atomic E-state index is 11.5. The van der Waals surface area contributed by atoms with Gasteiger partial charge < -0.3 is 5.11 Å². The van der Waals surface area contributed by atoms with Crippen LogP contribution >= 0.6 is 22.7 Å². The zero-order chi connectivity index (χ0) is 11.5. The molecule has 2 heterocycles. The maximum Gasteiger partial charge on any atom is 0.307 e. The van der Waals surface area contributed by atoms with Gasteiger partial charge in [0.2, 0.25) is 0 Å². The molecule has 0 aromatic carbocycles. The Labute approximate surface area is 98.6 Å². The molecule has 0 bridgehead atoms. The van der Waals surface area contributed by atoms with Gasteiger partial charge in [-0.25, -0.2) is 0 Å². The summed E-state index contributed by atoms with van der Waals surface area (Å²) in [5, 5.41) is 10.3. The third-order valence-electron chi connectivity index (χ3n) is 2.02. The third kappa shape index (κ3) is 2.20. The summed E-state index contributed by atoms with van der Waals surface area (Å²) in [5.41, 5.74) is 2.43. The second-order valence-corrected chi connectivity index (χ2v) is 4.75. The van der Waals surface area contributed by atoms with Crippen molar-refractivity contribution in [1.29, 1.82) is 0 Å². The van der Waals surface area contributed by atoms with Gasteiger partial charge in [0.05, 0.1) is 22.5 Å². The van der Waals surface area contributed by atoms with Crippen molar-refractivity contribution in [2.45, 2.75) is 13.0 Å². The van der Waals surface area contributed by atoms with Crippen LogP contribution in [0.4, 0.5) is 0 Å². The summed E-state index contributed by atoms with van der Waals surface area (Å²) in [6.07, 6.45) is 1.62. The van der Waals surface area contributed by atoms with Gasteiger partial charge in [0, 0.05) is 18.1 Å². The molecule has 0 saturated heterocycles. The summed E-state index contributed by atoms with van der Waals surface area (Å²) in [6, 6.07) is 0. The summed E-state index contributed by atoms with van der Waals surface area (Å²) in [7, 11) is 0. The van der Waals surface area contributed by atoms with Crippen molar-refractivity contribution in [3.8, 4) is 10.6 Å². The number of aromatic nitrogens is 2. The molecule has 0 spiro atoms. The number of carboxylic acid groups (broad SMARTS) is 1. The summed E-state index contributed by atoms with van der Waals surface area (Å²) in [4.78, 5) is 26.7. The predicted molar refractivity (Wildman–Crippen MR) is 61.9 cm³/mol. The van der Waals surface area contributed by atoms with Gasteiger partial charge in [-0.1, -0.05) is 11.3 Å². The Kier molecular flexibility index (Phi) is 3.16. The number of carbonyl (C=O) groups is 1. The van der Waals surface area contributed by atoms with Crippen molar-refractivity contribution in [3.05, 3.63) is 26.8 Å². The second-order valence-electron chi connectivity index (χ2n) is 3.05. The number of carboxylic acids is 1. The van der Waals surface area contributed by atoms with Crippen molar-refractivity contribution >= 4 is 28.6 Å². The minimum absolute atomic E-state index is 0.0531. The molecule has 0 amide bonds. The second kappa shape index (κ2) is 4.58. The van der Waals surface area contributed by atoms with E-state index >= 15 is 0 Å². The van der Waals surface area contributed by atoms with E-state index in [0.717, 1.165) is 21.9 Å².